The molecule has 3 heteroatoms. The number of aryl methyl sites for hydroxylation is 1. The zero-order chi connectivity index (χ0) is 8.27. The molecule has 3 nitrogen and oxygen atoms in total. The fourth-order valence-corrected chi connectivity index (χ4v) is 1.17. The van der Waals surface area contributed by atoms with Gasteiger partial charge in [0.15, 0.2) is 0 Å². The summed E-state index contributed by atoms with van der Waals surface area (Å²) < 4.78 is 2.04. The van der Waals surface area contributed by atoms with Crippen molar-refractivity contribution in [3.8, 4) is 0 Å². The fraction of sp³-hybridized carbons (Fsp3) is 0.625. The van der Waals surface area contributed by atoms with Crippen molar-refractivity contribution in [3.63, 3.8) is 0 Å². The van der Waals surface area contributed by atoms with Gasteiger partial charge >= 0.3 is 0 Å². The predicted molar refractivity (Wildman–Crippen MR) is 43.2 cm³/mol. The standard InChI is InChI=1S/C8H14N2O/c1-3-4-10-7(2)5-9-8(10)6-11/h5,11H,3-4,6H2,1-2H3. The Kier molecular flexibility index (Phi) is 2.65. The summed E-state index contributed by atoms with van der Waals surface area (Å²) in [4.78, 5) is 4.07. The third kappa shape index (κ3) is 1.60. The molecule has 0 radical (unpaired) electrons. The zero-order valence-electron chi connectivity index (χ0n) is 7.04. The summed E-state index contributed by atoms with van der Waals surface area (Å²) in [5, 5.41) is 8.88. The molecule has 0 aliphatic rings. The molecule has 1 rings (SSSR count). The average Bonchev–Trinajstić information content (AvgIpc) is 2.34. The van der Waals surface area contributed by atoms with E-state index in [0.717, 1.165) is 24.5 Å². The molecule has 0 spiro atoms. The average molecular weight is 154 g/mol. The van der Waals surface area contributed by atoms with E-state index in [0.29, 0.717) is 0 Å². The van der Waals surface area contributed by atoms with Crippen molar-refractivity contribution in [2.75, 3.05) is 0 Å². The SMILES string of the molecule is CCCn1c(C)cnc1CO. The molecule has 0 atom stereocenters. The van der Waals surface area contributed by atoms with Crippen LogP contribution < -0.4 is 0 Å². The summed E-state index contributed by atoms with van der Waals surface area (Å²) in [6, 6.07) is 0. The third-order valence-corrected chi connectivity index (χ3v) is 1.73. The lowest BCUT2D eigenvalue weighted by molar-refractivity contribution is 0.264. The first-order chi connectivity index (χ1) is 5.29. The van der Waals surface area contributed by atoms with E-state index in [1.807, 2.05) is 11.5 Å². The topological polar surface area (TPSA) is 38.0 Å². The summed E-state index contributed by atoms with van der Waals surface area (Å²) in [5.74, 6) is 0.768. The van der Waals surface area contributed by atoms with Crippen LogP contribution in [0.15, 0.2) is 6.20 Å². The van der Waals surface area contributed by atoms with Gasteiger partial charge in [0.1, 0.15) is 12.4 Å². The van der Waals surface area contributed by atoms with E-state index in [-0.39, 0.29) is 6.61 Å². The van der Waals surface area contributed by atoms with Crippen LogP contribution in [0.2, 0.25) is 0 Å². The summed E-state index contributed by atoms with van der Waals surface area (Å²) in [6.07, 6.45) is 2.87. The number of aliphatic hydroxyl groups excluding tert-OH is 1. The van der Waals surface area contributed by atoms with E-state index in [1.54, 1.807) is 6.20 Å². The molecule has 0 saturated heterocycles. The van der Waals surface area contributed by atoms with Crippen LogP contribution in [-0.4, -0.2) is 14.7 Å². The Morgan fingerprint density at radius 1 is 1.64 bits per heavy atom. The highest BCUT2D eigenvalue weighted by Crippen LogP contribution is 2.04. The number of imidazole rings is 1. The predicted octanol–water partition coefficient (Wildman–Crippen LogP) is 1.09. The van der Waals surface area contributed by atoms with Gasteiger partial charge in [-0.3, -0.25) is 0 Å². The van der Waals surface area contributed by atoms with Crippen LogP contribution in [0.4, 0.5) is 0 Å². The van der Waals surface area contributed by atoms with E-state index in [9.17, 15) is 0 Å². The number of hydrogen-bond acceptors (Lipinski definition) is 2. The number of rotatable bonds is 3. The normalized spacial score (nSPS) is 10.5. The van der Waals surface area contributed by atoms with E-state index >= 15 is 0 Å². The van der Waals surface area contributed by atoms with Crippen molar-refractivity contribution in [3.05, 3.63) is 17.7 Å². The highest BCUT2D eigenvalue weighted by Gasteiger charge is 2.02. The minimum absolute atomic E-state index is 0.0356. The molecular weight excluding hydrogens is 140 g/mol. The Morgan fingerprint density at radius 3 is 2.91 bits per heavy atom. The highest BCUT2D eigenvalue weighted by molar-refractivity contribution is 5.02. The van der Waals surface area contributed by atoms with Crippen LogP contribution in [0.25, 0.3) is 0 Å². The van der Waals surface area contributed by atoms with Gasteiger partial charge in [0.05, 0.1) is 0 Å². The Morgan fingerprint density at radius 2 is 2.36 bits per heavy atom. The summed E-state index contributed by atoms with van der Waals surface area (Å²) in [5.41, 5.74) is 1.12. The van der Waals surface area contributed by atoms with E-state index in [1.165, 1.54) is 0 Å². The van der Waals surface area contributed by atoms with Crippen molar-refractivity contribution in [2.24, 2.45) is 0 Å². The molecule has 1 N–H and O–H groups in total. The minimum Gasteiger partial charge on any atom is -0.388 e. The fourth-order valence-electron chi connectivity index (χ4n) is 1.17. The molecule has 1 aromatic heterocycles. The second-order valence-corrected chi connectivity index (χ2v) is 2.63. The lowest BCUT2D eigenvalue weighted by Gasteiger charge is -2.05. The first kappa shape index (κ1) is 8.27. The Balaban J connectivity index is 2.88. The number of aromatic nitrogens is 2. The number of nitrogens with zero attached hydrogens (tertiary/aromatic N) is 2. The third-order valence-electron chi connectivity index (χ3n) is 1.73. The maximum atomic E-state index is 8.88. The molecule has 62 valence electrons. The quantitative estimate of drug-likeness (QED) is 0.707. The van der Waals surface area contributed by atoms with Gasteiger partial charge in [-0.2, -0.15) is 0 Å². The second-order valence-electron chi connectivity index (χ2n) is 2.63. The summed E-state index contributed by atoms with van der Waals surface area (Å²) in [6.45, 7) is 5.10. The molecule has 0 fully saturated rings. The molecule has 0 aliphatic carbocycles. The van der Waals surface area contributed by atoms with Gasteiger partial charge in [0.2, 0.25) is 0 Å². The van der Waals surface area contributed by atoms with Gasteiger partial charge in [-0.1, -0.05) is 6.92 Å². The Hall–Kier alpha value is -0.830. The highest BCUT2D eigenvalue weighted by atomic mass is 16.3. The van der Waals surface area contributed by atoms with Crippen LogP contribution in [0.3, 0.4) is 0 Å². The van der Waals surface area contributed by atoms with Crippen molar-refractivity contribution >= 4 is 0 Å². The molecule has 0 unspecified atom stereocenters. The smallest absolute Gasteiger partial charge is 0.134 e. The van der Waals surface area contributed by atoms with Crippen LogP contribution in [-0.2, 0) is 13.2 Å². The van der Waals surface area contributed by atoms with Crippen LogP contribution in [0, 0.1) is 6.92 Å². The Bertz CT molecular complexity index is 230. The van der Waals surface area contributed by atoms with Gasteiger partial charge in [0, 0.05) is 18.4 Å². The van der Waals surface area contributed by atoms with Gasteiger partial charge < -0.3 is 9.67 Å². The van der Waals surface area contributed by atoms with Gasteiger partial charge in [-0.15, -0.1) is 0 Å². The molecule has 0 aliphatic heterocycles. The summed E-state index contributed by atoms with van der Waals surface area (Å²) in [7, 11) is 0. The second kappa shape index (κ2) is 3.53. The van der Waals surface area contributed by atoms with Crippen molar-refractivity contribution in [1.29, 1.82) is 0 Å². The van der Waals surface area contributed by atoms with Crippen LogP contribution in [0.1, 0.15) is 24.9 Å². The van der Waals surface area contributed by atoms with Crippen LogP contribution in [0.5, 0.6) is 0 Å². The molecule has 0 aromatic carbocycles. The first-order valence-electron chi connectivity index (χ1n) is 3.91. The van der Waals surface area contributed by atoms with Crippen molar-refractivity contribution in [1.82, 2.24) is 9.55 Å². The van der Waals surface area contributed by atoms with Crippen molar-refractivity contribution in [2.45, 2.75) is 33.4 Å². The largest absolute Gasteiger partial charge is 0.388 e. The summed E-state index contributed by atoms with van der Waals surface area (Å²) >= 11 is 0. The molecule has 0 bridgehead atoms. The molecule has 11 heavy (non-hydrogen) atoms. The maximum Gasteiger partial charge on any atom is 0.134 e. The molecule has 0 amide bonds. The Labute approximate surface area is 66.7 Å². The number of aliphatic hydroxyl groups is 1. The van der Waals surface area contributed by atoms with E-state index in [4.69, 9.17) is 5.11 Å². The van der Waals surface area contributed by atoms with Gasteiger partial charge in [-0.05, 0) is 13.3 Å². The van der Waals surface area contributed by atoms with E-state index in [2.05, 4.69) is 11.9 Å². The van der Waals surface area contributed by atoms with E-state index < -0.39 is 0 Å². The lowest BCUT2D eigenvalue weighted by Crippen LogP contribution is -2.04. The van der Waals surface area contributed by atoms with Gasteiger partial charge in [0.25, 0.3) is 0 Å². The lowest BCUT2D eigenvalue weighted by atomic mass is 10.4. The van der Waals surface area contributed by atoms with Crippen LogP contribution >= 0.6 is 0 Å². The maximum absolute atomic E-state index is 8.88. The molecular formula is C8H14N2O. The zero-order valence-corrected chi connectivity index (χ0v) is 7.04. The molecule has 1 heterocycles. The first-order valence-corrected chi connectivity index (χ1v) is 3.91. The minimum atomic E-state index is 0.0356. The van der Waals surface area contributed by atoms with Gasteiger partial charge in [-0.25, -0.2) is 4.98 Å². The molecule has 1 aromatic rings. The monoisotopic (exact) mass is 154 g/mol. The van der Waals surface area contributed by atoms with Crippen molar-refractivity contribution < 1.29 is 5.11 Å². The number of hydrogen-bond donors (Lipinski definition) is 1. The molecule has 0 saturated carbocycles.